The molecule has 0 saturated carbocycles. The van der Waals surface area contributed by atoms with E-state index in [0.717, 1.165) is 30.5 Å². The SMILES string of the molecule is C=CC(=O)Nc1cc2c(Nc3cccc(C)c3)ncnc2cc1OC(CC)CCC(=O)NOC1CCCCO1. The zero-order chi connectivity index (χ0) is 27.6. The molecule has 0 radical (unpaired) electrons. The molecule has 206 valence electrons. The van der Waals surface area contributed by atoms with E-state index >= 15 is 0 Å². The summed E-state index contributed by atoms with van der Waals surface area (Å²) in [5, 5.41) is 6.87. The van der Waals surface area contributed by atoms with Crippen LogP contribution >= 0.6 is 0 Å². The Kier molecular flexibility index (Phi) is 9.82. The van der Waals surface area contributed by atoms with Crippen LogP contribution < -0.4 is 20.9 Å². The maximum atomic E-state index is 12.4. The number of ether oxygens (including phenoxy) is 2. The van der Waals surface area contributed by atoms with E-state index < -0.39 is 6.29 Å². The van der Waals surface area contributed by atoms with Crippen LogP contribution in [0.5, 0.6) is 5.75 Å². The molecular weight excluding hydrogens is 498 g/mol. The van der Waals surface area contributed by atoms with Crippen molar-refractivity contribution in [3.05, 3.63) is 60.9 Å². The van der Waals surface area contributed by atoms with E-state index in [0.29, 0.717) is 47.6 Å². The highest BCUT2D eigenvalue weighted by Gasteiger charge is 2.19. The van der Waals surface area contributed by atoms with E-state index in [1.807, 2.05) is 38.1 Å². The van der Waals surface area contributed by atoms with Crippen molar-refractivity contribution in [3.63, 3.8) is 0 Å². The Bertz CT molecular complexity index is 1310. The number of fused-ring (bicyclic) bond motifs is 1. The summed E-state index contributed by atoms with van der Waals surface area (Å²) in [6, 6.07) is 11.5. The molecule has 1 aromatic heterocycles. The summed E-state index contributed by atoms with van der Waals surface area (Å²) in [4.78, 5) is 38.8. The molecule has 3 aromatic rings. The van der Waals surface area contributed by atoms with Gasteiger partial charge in [-0.1, -0.05) is 25.6 Å². The highest BCUT2D eigenvalue weighted by Crippen LogP contribution is 2.34. The first-order chi connectivity index (χ1) is 18.9. The molecule has 4 rings (SSSR count). The minimum absolute atomic E-state index is 0.208. The molecule has 0 aliphatic carbocycles. The molecule has 2 unspecified atom stereocenters. The number of hydrogen-bond acceptors (Lipinski definition) is 8. The Hall–Kier alpha value is -4.02. The van der Waals surface area contributed by atoms with Gasteiger partial charge in [0.25, 0.3) is 0 Å². The van der Waals surface area contributed by atoms with Crippen molar-refractivity contribution in [2.24, 2.45) is 0 Å². The molecule has 39 heavy (non-hydrogen) atoms. The van der Waals surface area contributed by atoms with E-state index in [4.69, 9.17) is 14.3 Å². The van der Waals surface area contributed by atoms with Gasteiger partial charge in [-0.25, -0.2) is 20.3 Å². The Balaban J connectivity index is 1.50. The van der Waals surface area contributed by atoms with Gasteiger partial charge >= 0.3 is 0 Å². The first-order valence-corrected chi connectivity index (χ1v) is 13.2. The second-order valence-electron chi connectivity index (χ2n) is 9.40. The first kappa shape index (κ1) is 28.0. The van der Waals surface area contributed by atoms with Crippen LogP contribution in [-0.2, 0) is 19.2 Å². The van der Waals surface area contributed by atoms with Crippen LogP contribution in [0.2, 0.25) is 0 Å². The van der Waals surface area contributed by atoms with Gasteiger partial charge in [0.2, 0.25) is 11.8 Å². The van der Waals surface area contributed by atoms with Crippen molar-refractivity contribution >= 4 is 39.9 Å². The number of amides is 2. The molecule has 10 heteroatoms. The fourth-order valence-corrected chi connectivity index (χ4v) is 4.23. The first-order valence-electron chi connectivity index (χ1n) is 13.2. The van der Waals surface area contributed by atoms with Gasteiger partial charge in [-0.2, -0.15) is 0 Å². The normalized spacial score (nSPS) is 15.8. The maximum absolute atomic E-state index is 12.4. The number of carbonyl (C=O) groups excluding carboxylic acids is 2. The standard InChI is InChI=1S/C29H35N5O5/c1-4-21(12-13-27(36)34-39-28-11-6-7-14-37-28)38-25-17-23-22(16-24(25)33-26(35)5-2)29(31-18-30-23)32-20-10-8-9-19(3)15-20/h5,8-10,15-18,21,28H,2,4,6-7,11-14H2,1,3H3,(H,33,35)(H,34,36)(H,30,31,32). The summed E-state index contributed by atoms with van der Waals surface area (Å²) >= 11 is 0. The molecule has 2 atom stereocenters. The number of aromatic nitrogens is 2. The lowest BCUT2D eigenvalue weighted by Gasteiger charge is -2.23. The number of nitrogens with zero attached hydrogens (tertiary/aromatic N) is 2. The third-order valence-corrected chi connectivity index (χ3v) is 6.35. The van der Waals surface area contributed by atoms with E-state index in [9.17, 15) is 9.59 Å². The third-order valence-electron chi connectivity index (χ3n) is 6.35. The fourth-order valence-electron chi connectivity index (χ4n) is 4.23. The number of benzene rings is 2. The van der Waals surface area contributed by atoms with Crippen molar-refractivity contribution in [2.75, 3.05) is 17.2 Å². The molecule has 1 fully saturated rings. The fraction of sp³-hybridized carbons (Fsp3) is 0.379. The Morgan fingerprint density at radius 2 is 2.10 bits per heavy atom. The van der Waals surface area contributed by atoms with Crippen LogP contribution in [0.15, 0.2) is 55.4 Å². The average Bonchev–Trinajstić information content (AvgIpc) is 2.95. The number of rotatable bonds is 12. The Morgan fingerprint density at radius 3 is 2.85 bits per heavy atom. The topological polar surface area (TPSA) is 124 Å². The van der Waals surface area contributed by atoms with Gasteiger partial charge in [-0.15, -0.1) is 0 Å². The number of aryl methyl sites for hydroxylation is 1. The number of carbonyl (C=O) groups is 2. The minimum atomic E-state index is -0.401. The Morgan fingerprint density at radius 1 is 1.23 bits per heavy atom. The quantitative estimate of drug-likeness (QED) is 0.211. The number of hydroxylamine groups is 1. The number of hydrogen-bond donors (Lipinski definition) is 3. The second kappa shape index (κ2) is 13.7. The summed E-state index contributed by atoms with van der Waals surface area (Å²) in [6.07, 6.45) is 6.06. The summed E-state index contributed by atoms with van der Waals surface area (Å²) < 4.78 is 11.8. The van der Waals surface area contributed by atoms with Gasteiger partial charge < -0.3 is 20.1 Å². The molecule has 1 aliphatic rings. The second-order valence-corrected chi connectivity index (χ2v) is 9.40. The van der Waals surface area contributed by atoms with Crippen LogP contribution in [0.4, 0.5) is 17.2 Å². The molecule has 3 N–H and O–H groups in total. The summed E-state index contributed by atoms with van der Waals surface area (Å²) in [5.74, 6) is 0.414. The summed E-state index contributed by atoms with van der Waals surface area (Å²) in [7, 11) is 0. The molecule has 1 aliphatic heterocycles. The molecule has 1 saturated heterocycles. The van der Waals surface area contributed by atoms with Gasteiger partial charge in [-0.05, 0) is 62.4 Å². The van der Waals surface area contributed by atoms with Gasteiger partial charge in [0.15, 0.2) is 6.29 Å². The third kappa shape index (κ3) is 7.98. The van der Waals surface area contributed by atoms with E-state index in [-0.39, 0.29) is 24.3 Å². The summed E-state index contributed by atoms with van der Waals surface area (Å²) in [6.45, 7) is 8.18. The molecule has 0 bridgehead atoms. The van der Waals surface area contributed by atoms with Crippen LogP contribution in [0.25, 0.3) is 10.9 Å². The van der Waals surface area contributed by atoms with Crippen molar-refractivity contribution < 1.29 is 23.9 Å². The van der Waals surface area contributed by atoms with Gasteiger partial charge in [0.05, 0.1) is 17.3 Å². The van der Waals surface area contributed by atoms with Crippen molar-refractivity contribution in [1.29, 1.82) is 0 Å². The van der Waals surface area contributed by atoms with E-state index in [1.54, 1.807) is 12.1 Å². The lowest BCUT2D eigenvalue weighted by Crippen LogP contribution is -2.33. The van der Waals surface area contributed by atoms with Crippen molar-refractivity contribution in [1.82, 2.24) is 15.4 Å². The number of anilines is 3. The number of nitrogens with one attached hydrogen (secondary N) is 3. The minimum Gasteiger partial charge on any atom is -0.488 e. The highest BCUT2D eigenvalue weighted by molar-refractivity contribution is 6.03. The molecule has 10 nitrogen and oxygen atoms in total. The van der Waals surface area contributed by atoms with Gasteiger partial charge in [0.1, 0.15) is 17.9 Å². The predicted molar refractivity (Wildman–Crippen MR) is 150 cm³/mol. The largest absolute Gasteiger partial charge is 0.488 e. The van der Waals surface area contributed by atoms with Gasteiger partial charge in [0, 0.05) is 36.6 Å². The van der Waals surface area contributed by atoms with Crippen molar-refractivity contribution in [3.8, 4) is 5.75 Å². The molecule has 2 heterocycles. The zero-order valence-electron chi connectivity index (χ0n) is 22.4. The van der Waals surface area contributed by atoms with E-state index in [1.165, 1.54) is 12.4 Å². The predicted octanol–water partition coefficient (Wildman–Crippen LogP) is 5.32. The summed E-state index contributed by atoms with van der Waals surface area (Å²) in [5.41, 5.74) is 5.57. The van der Waals surface area contributed by atoms with Crippen LogP contribution in [0.1, 0.15) is 51.0 Å². The van der Waals surface area contributed by atoms with Crippen LogP contribution in [-0.4, -0.2) is 40.8 Å². The van der Waals surface area contributed by atoms with E-state index in [2.05, 4.69) is 32.7 Å². The zero-order valence-corrected chi connectivity index (χ0v) is 22.4. The smallest absolute Gasteiger partial charge is 0.247 e. The molecule has 2 aromatic carbocycles. The highest BCUT2D eigenvalue weighted by atomic mass is 16.8. The van der Waals surface area contributed by atoms with Crippen LogP contribution in [0, 0.1) is 6.92 Å². The lowest BCUT2D eigenvalue weighted by atomic mass is 10.1. The maximum Gasteiger partial charge on any atom is 0.247 e. The average molecular weight is 534 g/mol. The lowest BCUT2D eigenvalue weighted by molar-refractivity contribution is -0.200. The van der Waals surface area contributed by atoms with Crippen LogP contribution in [0.3, 0.4) is 0 Å². The van der Waals surface area contributed by atoms with Gasteiger partial charge in [-0.3, -0.25) is 9.59 Å². The van der Waals surface area contributed by atoms with Crippen molar-refractivity contribution in [2.45, 2.75) is 64.8 Å². The molecular formula is C29H35N5O5. The molecule has 0 spiro atoms. The Labute approximate surface area is 228 Å². The molecule has 2 amide bonds. The monoisotopic (exact) mass is 533 g/mol.